The molecule has 0 fully saturated rings. The maximum Gasteiger partial charge on any atom is 0.333 e. The van der Waals surface area contributed by atoms with Gasteiger partial charge < -0.3 is 9.47 Å². The molecule has 2 heterocycles. The topological polar surface area (TPSA) is 228 Å². The average molecular weight is 426 g/mol. The molecule has 4 N–H and O–H groups in total. The lowest BCUT2D eigenvalue weighted by molar-refractivity contribution is -0.140. The molecule has 0 aliphatic rings. The number of esters is 2. The van der Waals surface area contributed by atoms with E-state index in [1.807, 2.05) is 19.9 Å². The predicted octanol–water partition coefficient (Wildman–Crippen LogP) is -4.89. The molecule has 0 unspecified atom stereocenters. The van der Waals surface area contributed by atoms with Gasteiger partial charge >= 0.3 is 46.1 Å². The lowest BCUT2D eigenvalue weighted by Gasteiger charge is -2.04. The Morgan fingerprint density at radius 3 is 1.23 bits per heavy atom. The number of rotatable bonds is 8. The largest absolute Gasteiger partial charge is 0.461 e. The minimum absolute atomic E-state index is 0.350. The second-order valence-electron chi connectivity index (χ2n) is 5.35. The van der Waals surface area contributed by atoms with Crippen LogP contribution in [0.1, 0.15) is 0 Å². The van der Waals surface area contributed by atoms with Crippen LogP contribution in [0.2, 0.25) is 0 Å². The number of aromatic amines is 4. The van der Waals surface area contributed by atoms with Gasteiger partial charge in [0.2, 0.25) is 0 Å². The van der Waals surface area contributed by atoms with Crippen molar-refractivity contribution < 1.29 is 19.1 Å². The molecular formula is C14H14N6O10. The van der Waals surface area contributed by atoms with Crippen molar-refractivity contribution in [1.29, 1.82) is 0 Å². The first-order valence-corrected chi connectivity index (χ1v) is 8.06. The highest BCUT2D eigenvalue weighted by molar-refractivity contribution is 5.91. The zero-order chi connectivity index (χ0) is 22.3. The van der Waals surface area contributed by atoms with Crippen LogP contribution in [0.4, 0.5) is 0 Å². The number of aromatic nitrogens is 6. The summed E-state index contributed by atoms with van der Waals surface area (Å²) in [7, 11) is 0. The van der Waals surface area contributed by atoms with E-state index >= 15 is 0 Å². The van der Waals surface area contributed by atoms with Gasteiger partial charge in [0.05, 0.1) is 13.1 Å². The second-order valence-corrected chi connectivity index (χ2v) is 5.35. The van der Waals surface area contributed by atoms with Crippen LogP contribution >= 0.6 is 0 Å². The van der Waals surface area contributed by atoms with Gasteiger partial charge in [-0.3, -0.25) is 19.9 Å². The predicted molar refractivity (Wildman–Crippen MR) is 94.9 cm³/mol. The third-order valence-electron chi connectivity index (χ3n) is 3.34. The molecule has 0 bridgehead atoms. The lowest BCUT2D eigenvalue weighted by atomic mass is 10.5. The summed E-state index contributed by atoms with van der Waals surface area (Å²) in [5.74, 6) is -1.98. The molecule has 16 heteroatoms. The number of H-pyrrole nitrogens is 4. The molecule has 2 aromatic rings. The summed E-state index contributed by atoms with van der Waals surface area (Å²) < 4.78 is 10.6. The monoisotopic (exact) mass is 426 g/mol. The van der Waals surface area contributed by atoms with Gasteiger partial charge in [0.25, 0.3) is 0 Å². The Kier molecular flexibility index (Phi) is 6.99. The maximum absolute atomic E-state index is 11.5. The van der Waals surface area contributed by atoms with Gasteiger partial charge in [0, 0.05) is 12.2 Å². The number of carbonyl (C=O) groups excluding carboxylic acids is 2. The minimum atomic E-state index is -0.992. The zero-order valence-corrected chi connectivity index (χ0v) is 15.0. The standard InChI is InChI=1S/C14H14N6O10/c21-7(29-5-3-19-11(25)15-9(23)16-12(19)26)1-2-8(22)30-6-4-20-13(27)17-10(24)18-14(20)28/h1-2H,3-6H2,(H2,15,16,23,25,26)(H2,17,18,24,27,28)/b2-1+. The highest BCUT2D eigenvalue weighted by atomic mass is 16.5. The van der Waals surface area contributed by atoms with E-state index in [0.717, 1.165) is 0 Å². The molecule has 0 atom stereocenters. The van der Waals surface area contributed by atoms with Gasteiger partial charge in [-0.05, 0) is 0 Å². The quantitative estimate of drug-likeness (QED) is 0.232. The molecule has 0 radical (unpaired) electrons. The third-order valence-corrected chi connectivity index (χ3v) is 3.34. The van der Waals surface area contributed by atoms with E-state index in [2.05, 4.69) is 0 Å². The van der Waals surface area contributed by atoms with Crippen molar-refractivity contribution in [2.45, 2.75) is 13.1 Å². The van der Waals surface area contributed by atoms with Crippen molar-refractivity contribution in [2.24, 2.45) is 0 Å². The molecule has 16 nitrogen and oxygen atoms in total. The van der Waals surface area contributed by atoms with E-state index in [4.69, 9.17) is 9.47 Å². The van der Waals surface area contributed by atoms with Crippen LogP contribution in [0.15, 0.2) is 40.9 Å². The number of nitrogens with zero attached hydrogens (tertiary/aromatic N) is 2. The summed E-state index contributed by atoms with van der Waals surface area (Å²) in [6.45, 7) is -1.52. The molecule has 30 heavy (non-hydrogen) atoms. The van der Waals surface area contributed by atoms with Crippen molar-refractivity contribution in [3.63, 3.8) is 0 Å². The fraction of sp³-hybridized carbons (Fsp3) is 0.286. The van der Waals surface area contributed by atoms with Gasteiger partial charge in [-0.1, -0.05) is 0 Å². The zero-order valence-electron chi connectivity index (χ0n) is 15.0. The number of hydrogen-bond acceptors (Lipinski definition) is 10. The van der Waals surface area contributed by atoms with E-state index < -0.39 is 59.3 Å². The third kappa shape index (κ3) is 6.01. The van der Waals surface area contributed by atoms with Crippen LogP contribution in [0.25, 0.3) is 0 Å². The number of nitrogens with one attached hydrogen (secondary N) is 4. The molecule has 160 valence electrons. The molecule has 0 saturated carbocycles. The lowest BCUT2D eigenvalue weighted by Crippen LogP contribution is -2.44. The van der Waals surface area contributed by atoms with Crippen molar-refractivity contribution in [2.75, 3.05) is 13.2 Å². The van der Waals surface area contributed by atoms with E-state index in [1.165, 1.54) is 0 Å². The first kappa shape index (κ1) is 21.8. The SMILES string of the molecule is O=C(/C=C/C(=O)OCCn1c(=O)[nH]c(=O)[nH]c1=O)OCCn1c(=O)[nH]c(=O)[nH]c1=O. The summed E-state index contributed by atoms with van der Waals surface area (Å²) in [4.78, 5) is 97.8. The summed E-state index contributed by atoms with van der Waals surface area (Å²) in [5, 5.41) is 0. The Bertz CT molecular complexity index is 1150. The van der Waals surface area contributed by atoms with Crippen molar-refractivity contribution >= 4 is 11.9 Å². The number of hydrogen-bond donors (Lipinski definition) is 4. The van der Waals surface area contributed by atoms with Gasteiger partial charge in [-0.15, -0.1) is 0 Å². The van der Waals surface area contributed by atoms with Crippen molar-refractivity contribution in [1.82, 2.24) is 29.1 Å². The minimum Gasteiger partial charge on any atom is -0.461 e. The molecule has 0 aliphatic carbocycles. The summed E-state index contributed by atoms with van der Waals surface area (Å²) in [6, 6.07) is 0. The van der Waals surface area contributed by atoms with Crippen LogP contribution in [-0.2, 0) is 32.2 Å². The summed E-state index contributed by atoms with van der Waals surface area (Å²) in [5.41, 5.74) is -5.90. The van der Waals surface area contributed by atoms with Crippen LogP contribution < -0.4 is 34.1 Å². The number of carbonyl (C=O) groups is 2. The maximum atomic E-state index is 11.5. The Morgan fingerprint density at radius 2 is 0.933 bits per heavy atom. The van der Waals surface area contributed by atoms with Crippen molar-refractivity contribution in [3.05, 3.63) is 75.1 Å². The van der Waals surface area contributed by atoms with E-state index in [1.54, 1.807) is 0 Å². The fourth-order valence-corrected chi connectivity index (χ4v) is 2.02. The van der Waals surface area contributed by atoms with E-state index in [-0.39, 0.29) is 13.1 Å². The van der Waals surface area contributed by atoms with Crippen LogP contribution in [0.3, 0.4) is 0 Å². The van der Waals surface area contributed by atoms with Crippen molar-refractivity contribution in [3.8, 4) is 0 Å². The normalized spacial score (nSPS) is 10.8. The van der Waals surface area contributed by atoms with E-state index in [0.29, 0.717) is 21.3 Å². The molecule has 2 aromatic heterocycles. The van der Waals surface area contributed by atoms with Gasteiger partial charge in [-0.2, -0.15) is 0 Å². The molecule has 0 aliphatic heterocycles. The first-order valence-electron chi connectivity index (χ1n) is 8.06. The molecule has 0 aromatic carbocycles. The molecule has 0 amide bonds. The Hall–Kier alpha value is -4.50. The number of ether oxygens (including phenoxy) is 2. The van der Waals surface area contributed by atoms with Gasteiger partial charge in [0.1, 0.15) is 13.2 Å². The smallest absolute Gasteiger partial charge is 0.333 e. The van der Waals surface area contributed by atoms with Gasteiger partial charge in [-0.25, -0.2) is 47.5 Å². The Labute approximate surface area is 162 Å². The highest BCUT2D eigenvalue weighted by Crippen LogP contribution is 1.87. The Morgan fingerprint density at radius 1 is 0.633 bits per heavy atom. The molecule has 2 rings (SSSR count). The molecule has 0 spiro atoms. The first-order chi connectivity index (χ1) is 14.2. The van der Waals surface area contributed by atoms with Crippen LogP contribution in [-0.4, -0.2) is 54.2 Å². The summed E-state index contributed by atoms with van der Waals surface area (Å²) in [6.07, 6.45) is 1.42. The fourth-order valence-electron chi connectivity index (χ4n) is 2.02. The Balaban J connectivity index is 1.79. The second kappa shape index (κ2) is 9.62. The van der Waals surface area contributed by atoms with Crippen LogP contribution in [0.5, 0.6) is 0 Å². The van der Waals surface area contributed by atoms with E-state index in [9.17, 15) is 38.4 Å². The molecular weight excluding hydrogens is 412 g/mol. The van der Waals surface area contributed by atoms with Crippen LogP contribution in [0, 0.1) is 0 Å². The molecule has 0 saturated heterocycles. The summed E-state index contributed by atoms with van der Waals surface area (Å²) >= 11 is 0. The highest BCUT2D eigenvalue weighted by Gasteiger charge is 2.06. The average Bonchev–Trinajstić information content (AvgIpc) is 2.64. The van der Waals surface area contributed by atoms with Gasteiger partial charge in [0.15, 0.2) is 0 Å².